The largest absolute Gasteiger partial charge is 0.367 e. The summed E-state index contributed by atoms with van der Waals surface area (Å²) in [5, 5.41) is 4.63. The first-order chi connectivity index (χ1) is 15.0. The molecule has 0 saturated carbocycles. The first kappa shape index (κ1) is 18.5. The van der Waals surface area contributed by atoms with Gasteiger partial charge in [0.15, 0.2) is 0 Å². The quantitative estimate of drug-likeness (QED) is 0.500. The van der Waals surface area contributed by atoms with Crippen LogP contribution in [0.1, 0.15) is 24.2 Å². The maximum Gasteiger partial charge on any atom is 0.258 e. The molecule has 0 aromatic carbocycles. The van der Waals surface area contributed by atoms with E-state index in [9.17, 15) is 4.79 Å². The maximum absolute atomic E-state index is 13.0. The lowest BCUT2D eigenvalue weighted by Crippen LogP contribution is -2.50. The molecule has 8 nitrogen and oxygen atoms in total. The Labute approximate surface area is 179 Å². The van der Waals surface area contributed by atoms with Crippen molar-refractivity contribution in [1.82, 2.24) is 28.9 Å². The van der Waals surface area contributed by atoms with Gasteiger partial charge in [0, 0.05) is 37.9 Å². The summed E-state index contributed by atoms with van der Waals surface area (Å²) >= 11 is 0. The second-order valence-corrected chi connectivity index (χ2v) is 8.70. The molecular weight excluding hydrogens is 390 g/mol. The predicted octanol–water partition coefficient (Wildman–Crippen LogP) is 2.31. The number of rotatable bonds is 2. The Balaban J connectivity index is 1.37. The van der Waals surface area contributed by atoms with Crippen molar-refractivity contribution in [2.45, 2.75) is 32.7 Å². The molecule has 4 aromatic rings. The summed E-state index contributed by atoms with van der Waals surface area (Å²) in [6.07, 6.45) is 6.37. The number of aromatic nitrogens is 5. The number of anilines is 1. The lowest BCUT2D eigenvalue weighted by atomic mass is 10.1. The minimum absolute atomic E-state index is 0.0931. The first-order valence-corrected chi connectivity index (χ1v) is 10.9. The summed E-state index contributed by atoms with van der Waals surface area (Å²) in [4.78, 5) is 27.2. The molecule has 0 bridgehead atoms. The van der Waals surface area contributed by atoms with Gasteiger partial charge in [0.05, 0.1) is 34.5 Å². The van der Waals surface area contributed by atoms with Crippen molar-refractivity contribution in [3.8, 4) is 11.4 Å². The van der Waals surface area contributed by atoms with E-state index >= 15 is 0 Å². The molecule has 6 rings (SSSR count). The number of nitrogens with zero attached hydrogens (tertiary/aromatic N) is 7. The van der Waals surface area contributed by atoms with Gasteiger partial charge < -0.3 is 4.90 Å². The fourth-order valence-corrected chi connectivity index (χ4v) is 5.05. The number of hydrogen-bond donors (Lipinski definition) is 0. The average molecular weight is 416 g/mol. The Hall–Kier alpha value is -3.26. The highest BCUT2D eigenvalue weighted by molar-refractivity contribution is 5.66. The van der Waals surface area contributed by atoms with Crippen molar-refractivity contribution in [2.24, 2.45) is 0 Å². The summed E-state index contributed by atoms with van der Waals surface area (Å²) in [5.74, 6) is 0. The fraction of sp³-hybridized carbons (Fsp3) is 0.391. The van der Waals surface area contributed by atoms with E-state index in [-0.39, 0.29) is 5.56 Å². The Morgan fingerprint density at radius 1 is 1.00 bits per heavy atom. The van der Waals surface area contributed by atoms with Gasteiger partial charge in [-0.3, -0.25) is 19.1 Å². The van der Waals surface area contributed by atoms with Crippen LogP contribution in [-0.4, -0.2) is 61.1 Å². The molecule has 2 aliphatic heterocycles. The van der Waals surface area contributed by atoms with E-state index in [1.165, 1.54) is 19.4 Å². The minimum atomic E-state index is -0.0931. The van der Waals surface area contributed by atoms with Crippen molar-refractivity contribution in [3.63, 3.8) is 0 Å². The molecule has 4 aromatic heterocycles. The van der Waals surface area contributed by atoms with Crippen molar-refractivity contribution in [1.29, 1.82) is 0 Å². The molecule has 8 heteroatoms. The van der Waals surface area contributed by atoms with Gasteiger partial charge in [-0.05, 0) is 51.4 Å². The van der Waals surface area contributed by atoms with Gasteiger partial charge >= 0.3 is 0 Å². The van der Waals surface area contributed by atoms with E-state index in [4.69, 9.17) is 4.98 Å². The van der Waals surface area contributed by atoms with E-state index < -0.39 is 0 Å². The molecule has 2 fully saturated rings. The zero-order valence-corrected chi connectivity index (χ0v) is 17.8. The van der Waals surface area contributed by atoms with Gasteiger partial charge in [0.1, 0.15) is 11.3 Å². The number of aryl methyl sites for hydroxylation is 2. The molecule has 2 saturated heterocycles. The first-order valence-electron chi connectivity index (χ1n) is 10.9. The van der Waals surface area contributed by atoms with Gasteiger partial charge in [-0.1, -0.05) is 0 Å². The standard InChI is InChI=1S/C23H25N7O/c1-15-12-30-21(16(2)24-15)10-20(26-30)19-11-23(31)29-14-18(5-6-22(29)25-19)28-9-8-27-7-3-4-17(27)13-28/h5-6,10-12,14,17H,3-4,7-9,13H2,1-2H3/t17-/m0/s1. The van der Waals surface area contributed by atoms with Crippen LogP contribution in [-0.2, 0) is 0 Å². The van der Waals surface area contributed by atoms with Crippen LogP contribution in [0.4, 0.5) is 5.69 Å². The molecule has 0 amide bonds. The van der Waals surface area contributed by atoms with Crippen LogP contribution >= 0.6 is 0 Å². The topological polar surface area (TPSA) is 71.0 Å². The molecule has 6 heterocycles. The molecule has 0 N–H and O–H groups in total. The van der Waals surface area contributed by atoms with Crippen LogP contribution in [0.25, 0.3) is 22.6 Å². The van der Waals surface area contributed by atoms with E-state index in [2.05, 4.69) is 25.9 Å². The van der Waals surface area contributed by atoms with E-state index in [0.29, 0.717) is 23.1 Å². The summed E-state index contributed by atoms with van der Waals surface area (Å²) in [6.45, 7) is 8.25. The van der Waals surface area contributed by atoms with Crippen LogP contribution in [0, 0.1) is 13.8 Å². The van der Waals surface area contributed by atoms with Gasteiger partial charge in [0.25, 0.3) is 5.56 Å². The van der Waals surface area contributed by atoms with Crippen LogP contribution in [0.2, 0.25) is 0 Å². The van der Waals surface area contributed by atoms with Crippen molar-refractivity contribution < 1.29 is 0 Å². The van der Waals surface area contributed by atoms with E-state index in [1.807, 2.05) is 42.9 Å². The third kappa shape index (κ3) is 3.09. The second-order valence-electron chi connectivity index (χ2n) is 8.70. The Morgan fingerprint density at radius 2 is 1.90 bits per heavy atom. The molecule has 0 aliphatic carbocycles. The summed E-state index contributed by atoms with van der Waals surface area (Å²) in [7, 11) is 0. The Morgan fingerprint density at radius 3 is 2.81 bits per heavy atom. The van der Waals surface area contributed by atoms with Crippen molar-refractivity contribution in [3.05, 3.63) is 58.4 Å². The molecular formula is C23H25N7O. The smallest absolute Gasteiger partial charge is 0.258 e. The van der Waals surface area contributed by atoms with Crippen molar-refractivity contribution >= 4 is 16.9 Å². The normalized spacial score (nSPS) is 19.4. The molecule has 0 radical (unpaired) electrons. The van der Waals surface area contributed by atoms with Gasteiger partial charge in [-0.25, -0.2) is 9.50 Å². The highest BCUT2D eigenvalue weighted by Crippen LogP contribution is 2.26. The van der Waals surface area contributed by atoms with E-state index in [1.54, 1.807) is 10.5 Å². The number of hydrogen-bond acceptors (Lipinski definition) is 6. The number of fused-ring (bicyclic) bond motifs is 3. The van der Waals surface area contributed by atoms with Gasteiger partial charge in [-0.2, -0.15) is 5.10 Å². The van der Waals surface area contributed by atoms with E-state index in [0.717, 1.165) is 42.2 Å². The summed E-state index contributed by atoms with van der Waals surface area (Å²) < 4.78 is 3.45. The third-order valence-corrected chi connectivity index (χ3v) is 6.62. The maximum atomic E-state index is 13.0. The Kier molecular flexibility index (Phi) is 4.11. The Bertz CT molecular complexity index is 1370. The van der Waals surface area contributed by atoms with Gasteiger partial charge in [0.2, 0.25) is 0 Å². The fourth-order valence-electron chi connectivity index (χ4n) is 5.05. The molecule has 31 heavy (non-hydrogen) atoms. The van der Waals surface area contributed by atoms with Crippen LogP contribution in [0.3, 0.4) is 0 Å². The summed E-state index contributed by atoms with van der Waals surface area (Å²) in [6, 6.07) is 8.17. The van der Waals surface area contributed by atoms with Crippen LogP contribution in [0.15, 0.2) is 41.5 Å². The van der Waals surface area contributed by atoms with Crippen molar-refractivity contribution in [2.75, 3.05) is 31.1 Å². The number of piperazine rings is 1. The zero-order valence-electron chi connectivity index (χ0n) is 17.8. The highest BCUT2D eigenvalue weighted by atomic mass is 16.1. The summed E-state index contributed by atoms with van der Waals surface area (Å²) in [5.41, 5.74) is 5.61. The molecule has 0 unspecified atom stereocenters. The monoisotopic (exact) mass is 415 g/mol. The van der Waals surface area contributed by atoms with Crippen LogP contribution in [0.5, 0.6) is 0 Å². The minimum Gasteiger partial charge on any atom is -0.367 e. The molecule has 158 valence electrons. The predicted molar refractivity (Wildman–Crippen MR) is 120 cm³/mol. The second kappa shape index (κ2) is 6.88. The third-order valence-electron chi connectivity index (χ3n) is 6.62. The van der Waals surface area contributed by atoms with Gasteiger partial charge in [-0.15, -0.1) is 0 Å². The number of pyridine rings is 1. The zero-order chi connectivity index (χ0) is 21.1. The molecule has 1 atom stereocenters. The average Bonchev–Trinajstić information content (AvgIpc) is 3.40. The van der Waals surface area contributed by atoms with Crippen LogP contribution < -0.4 is 10.5 Å². The molecule has 2 aliphatic rings. The SMILES string of the molecule is Cc1cn2nc(-c3cc(=O)n4cc(N5CCN6CCC[C@H]6C5)ccc4n3)cc2c(C)n1. The highest BCUT2D eigenvalue weighted by Gasteiger charge is 2.30. The lowest BCUT2D eigenvalue weighted by molar-refractivity contribution is 0.231. The molecule has 0 spiro atoms. The lowest BCUT2D eigenvalue weighted by Gasteiger charge is -2.38.